The van der Waals surface area contributed by atoms with E-state index >= 15 is 0 Å². The highest BCUT2D eigenvalue weighted by Crippen LogP contribution is 2.18. The Bertz CT molecular complexity index is 1230. The van der Waals surface area contributed by atoms with Crippen molar-refractivity contribution in [2.75, 3.05) is 12.4 Å². The highest BCUT2D eigenvalue weighted by atomic mass is 16.5. The average molecular weight is 489 g/mol. The summed E-state index contributed by atoms with van der Waals surface area (Å²) in [5, 5.41) is 5.43. The fraction of sp³-hybridized carbons (Fsp3) is 0.185. The molecule has 3 aromatic carbocycles. The van der Waals surface area contributed by atoms with Gasteiger partial charge in [-0.15, -0.1) is 0 Å². The predicted molar refractivity (Wildman–Crippen MR) is 136 cm³/mol. The van der Waals surface area contributed by atoms with E-state index in [1.807, 2.05) is 0 Å². The van der Waals surface area contributed by atoms with Gasteiger partial charge in [0.15, 0.2) is 0 Å². The number of para-hydroxylation sites is 1. The fourth-order valence-electron chi connectivity index (χ4n) is 3.34. The second-order valence-electron chi connectivity index (χ2n) is 8.23. The molecule has 1 atom stereocenters. The number of anilines is 1. The first-order valence-corrected chi connectivity index (χ1v) is 11.3. The Kier molecular flexibility index (Phi) is 8.77. The van der Waals surface area contributed by atoms with Gasteiger partial charge >= 0.3 is 0 Å². The minimum Gasteiger partial charge on any atom is -0.497 e. The molecule has 0 aromatic heterocycles. The average Bonchev–Trinajstić information content (AvgIpc) is 2.90. The molecule has 0 unspecified atom stereocenters. The van der Waals surface area contributed by atoms with Crippen LogP contribution in [0, 0.1) is 5.92 Å². The van der Waals surface area contributed by atoms with Crippen LogP contribution in [-0.2, 0) is 4.79 Å². The SMILES string of the molecule is COc1ccc(C(=O)Nc2ccccc2C(=O)N[C@@H](C(=O)NNC(=O)c2ccccc2)C(C)C)cc1. The maximum atomic E-state index is 13.1. The van der Waals surface area contributed by atoms with E-state index in [-0.39, 0.29) is 17.2 Å². The zero-order valence-electron chi connectivity index (χ0n) is 20.2. The number of rotatable bonds is 8. The van der Waals surface area contributed by atoms with Crippen LogP contribution in [0.1, 0.15) is 44.9 Å². The molecular weight excluding hydrogens is 460 g/mol. The van der Waals surface area contributed by atoms with Gasteiger partial charge in [-0.1, -0.05) is 44.2 Å². The largest absolute Gasteiger partial charge is 0.497 e. The Labute approximate surface area is 209 Å². The van der Waals surface area contributed by atoms with Crippen LogP contribution in [0.4, 0.5) is 5.69 Å². The lowest BCUT2D eigenvalue weighted by Crippen LogP contribution is -2.54. The van der Waals surface area contributed by atoms with Crippen molar-refractivity contribution >= 4 is 29.3 Å². The third-order valence-corrected chi connectivity index (χ3v) is 5.34. The van der Waals surface area contributed by atoms with Gasteiger partial charge in [-0.25, -0.2) is 0 Å². The number of carbonyl (C=O) groups excluding carboxylic acids is 4. The summed E-state index contributed by atoms with van der Waals surface area (Å²) in [6, 6.07) is 20.5. The first-order chi connectivity index (χ1) is 17.3. The van der Waals surface area contributed by atoms with Crippen LogP contribution in [0.5, 0.6) is 5.75 Å². The van der Waals surface area contributed by atoms with E-state index in [0.717, 1.165) is 0 Å². The van der Waals surface area contributed by atoms with Gasteiger partial charge in [0.2, 0.25) is 0 Å². The van der Waals surface area contributed by atoms with E-state index in [1.165, 1.54) is 7.11 Å². The lowest BCUT2D eigenvalue weighted by atomic mass is 10.0. The van der Waals surface area contributed by atoms with E-state index < -0.39 is 29.7 Å². The lowest BCUT2D eigenvalue weighted by molar-refractivity contribution is -0.124. The summed E-state index contributed by atoms with van der Waals surface area (Å²) in [7, 11) is 1.53. The van der Waals surface area contributed by atoms with Crippen LogP contribution < -0.4 is 26.2 Å². The first kappa shape index (κ1) is 26.0. The van der Waals surface area contributed by atoms with Crippen LogP contribution in [-0.4, -0.2) is 36.8 Å². The molecule has 0 fully saturated rings. The Morgan fingerprint density at radius 1 is 0.694 bits per heavy atom. The number of benzene rings is 3. The predicted octanol–water partition coefficient (Wildman–Crippen LogP) is 3.16. The summed E-state index contributed by atoms with van der Waals surface area (Å²) in [6.07, 6.45) is 0. The molecule has 0 saturated carbocycles. The van der Waals surface area contributed by atoms with E-state index in [2.05, 4.69) is 21.5 Å². The molecule has 0 radical (unpaired) electrons. The maximum Gasteiger partial charge on any atom is 0.269 e. The number of hydrogen-bond donors (Lipinski definition) is 4. The van der Waals surface area contributed by atoms with Crippen LogP contribution in [0.15, 0.2) is 78.9 Å². The third kappa shape index (κ3) is 6.69. The van der Waals surface area contributed by atoms with Gasteiger partial charge in [-0.2, -0.15) is 0 Å². The number of methoxy groups -OCH3 is 1. The molecule has 0 aliphatic heterocycles. The van der Waals surface area contributed by atoms with E-state index in [9.17, 15) is 19.2 Å². The Morgan fingerprint density at radius 2 is 1.31 bits per heavy atom. The molecule has 9 nitrogen and oxygen atoms in total. The van der Waals surface area contributed by atoms with Gasteiger partial charge in [-0.3, -0.25) is 30.0 Å². The first-order valence-electron chi connectivity index (χ1n) is 11.3. The van der Waals surface area contributed by atoms with Gasteiger partial charge in [0.05, 0.1) is 18.4 Å². The monoisotopic (exact) mass is 488 g/mol. The smallest absolute Gasteiger partial charge is 0.269 e. The molecule has 0 aliphatic rings. The third-order valence-electron chi connectivity index (χ3n) is 5.34. The van der Waals surface area contributed by atoms with Crippen LogP contribution >= 0.6 is 0 Å². The van der Waals surface area contributed by atoms with Crippen molar-refractivity contribution in [2.45, 2.75) is 19.9 Å². The summed E-state index contributed by atoms with van der Waals surface area (Å²) < 4.78 is 5.11. The Hall–Kier alpha value is -4.66. The number of carbonyl (C=O) groups is 4. The van der Waals surface area contributed by atoms with E-state index in [1.54, 1.807) is 92.7 Å². The summed E-state index contributed by atoms with van der Waals surface area (Å²) in [6.45, 7) is 3.53. The molecule has 0 aliphatic carbocycles. The summed E-state index contributed by atoms with van der Waals surface area (Å²) in [5.41, 5.74) is 5.96. The van der Waals surface area contributed by atoms with Gasteiger partial charge in [0, 0.05) is 11.1 Å². The molecule has 0 bridgehead atoms. The molecular formula is C27H28N4O5. The minimum atomic E-state index is -0.945. The number of amides is 4. The number of hydrazine groups is 1. The Morgan fingerprint density at radius 3 is 1.94 bits per heavy atom. The van der Waals surface area contributed by atoms with Crippen molar-refractivity contribution in [1.82, 2.24) is 16.2 Å². The maximum absolute atomic E-state index is 13.1. The van der Waals surface area contributed by atoms with Crippen molar-refractivity contribution in [3.63, 3.8) is 0 Å². The highest BCUT2D eigenvalue weighted by molar-refractivity contribution is 6.09. The molecule has 36 heavy (non-hydrogen) atoms. The molecule has 0 heterocycles. The molecule has 4 amide bonds. The number of ether oxygens (including phenoxy) is 1. The van der Waals surface area contributed by atoms with Crippen molar-refractivity contribution < 1.29 is 23.9 Å². The van der Waals surface area contributed by atoms with Crippen LogP contribution in [0.25, 0.3) is 0 Å². The molecule has 0 saturated heterocycles. The normalized spacial score (nSPS) is 11.2. The van der Waals surface area contributed by atoms with Crippen LogP contribution in [0.3, 0.4) is 0 Å². The zero-order chi connectivity index (χ0) is 26.1. The standard InChI is InChI=1S/C27H28N4O5/c1-17(2)23(27(35)31-30-25(33)18-9-5-4-6-10-18)29-26(34)21-11-7-8-12-22(21)28-24(32)19-13-15-20(36-3)16-14-19/h4-17,23H,1-3H3,(H,28,32)(H,29,34)(H,30,33)(H,31,35)/t23-/m1/s1. The molecule has 3 aromatic rings. The summed E-state index contributed by atoms with van der Waals surface area (Å²) in [4.78, 5) is 50.8. The molecule has 186 valence electrons. The molecule has 0 spiro atoms. The van der Waals surface area contributed by atoms with Gasteiger partial charge < -0.3 is 15.4 Å². The van der Waals surface area contributed by atoms with E-state index in [4.69, 9.17) is 4.74 Å². The van der Waals surface area contributed by atoms with E-state index in [0.29, 0.717) is 16.9 Å². The minimum absolute atomic E-state index is 0.186. The highest BCUT2D eigenvalue weighted by Gasteiger charge is 2.26. The molecule has 3 rings (SSSR count). The summed E-state index contributed by atoms with van der Waals surface area (Å²) in [5.74, 6) is -1.69. The van der Waals surface area contributed by atoms with Crippen molar-refractivity contribution in [3.8, 4) is 5.75 Å². The second kappa shape index (κ2) is 12.2. The van der Waals surface area contributed by atoms with Crippen molar-refractivity contribution in [2.24, 2.45) is 5.92 Å². The van der Waals surface area contributed by atoms with Crippen molar-refractivity contribution in [1.29, 1.82) is 0 Å². The second-order valence-corrected chi connectivity index (χ2v) is 8.23. The topological polar surface area (TPSA) is 126 Å². The summed E-state index contributed by atoms with van der Waals surface area (Å²) >= 11 is 0. The quantitative estimate of drug-likeness (QED) is 0.363. The van der Waals surface area contributed by atoms with Gasteiger partial charge in [0.25, 0.3) is 23.6 Å². The Balaban J connectivity index is 1.68. The number of hydrogen-bond acceptors (Lipinski definition) is 5. The molecule has 4 N–H and O–H groups in total. The number of nitrogens with one attached hydrogen (secondary N) is 4. The lowest BCUT2D eigenvalue weighted by Gasteiger charge is -2.22. The molecule has 9 heteroatoms. The zero-order valence-corrected chi connectivity index (χ0v) is 20.2. The van der Waals surface area contributed by atoms with Gasteiger partial charge in [0.1, 0.15) is 11.8 Å². The fourth-order valence-corrected chi connectivity index (χ4v) is 3.34. The van der Waals surface area contributed by atoms with Gasteiger partial charge in [-0.05, 0) is 54.4 Å². The van der Waals surface area contributed by atoms with Crippen molar-refractivity contribution in [3.05, 3.63) is 95.6 Å². The van der Waals surface area contributed by atoms with Crippen LogP contribution in [0.2, 0.25) is 0 Å².